The van der Waals surface area contributed by atoms with Gasteiger partial charge in [-0.3, -0.25) is 4.79 Å². The molecule has 0 aliphatic heterocycles. The van der Waals surface area contributed by atoms with Crippen LogP contribution in [0.5, 0.6) is 0 Å². The number of halogens is 1. The number of aromatic nitrogens is 1. The summed E-state index contributed by atoms with van der Waals surface area (Å²) in [4.78, 5) is 17.0. The second-order valence-corrected chi connectivity index (χ2v) is 5.35. The largest absolute Gasteiger partial charge is 0.373 e. The summed E-state index contributed by atoms with van der Waals surface area (Å²) < 4.78 is 0.717. The molecule has 0 saturated heterocycles. The van der Waals surface area contributed by atoms with Gasteiger partial charge in [-0.15, -0.1) is 11.3 Å². The highest BCUT2D eigenvalue weighted by Crippen LogP contribution is 2.21. The van der Waals surface area contributed by atoms with E-state index in [2.05, 4.69) is 15.6 Å². The monoisotopic (exact) mass is 281 g/mol. The first-order chi connectivity index (χ1) is 8.69. The Morgan fingerprint density at radius 2 is 2.22 bits per heavy atom. The normalized spacial score (nSPS) is 10.1. The molecule has 2 aromatic heterocycles. The average Bonchev–Trinajstić information content (AvgIpc) is 2.82. The fraction of sp³-hybridized carbons (Fsp3) is 0.167. The summed E-state index contributed by atoms with van der Waals surface area (Å²) in [6.07, 6.45) is 0. The van der Waals surface area contributed by atoms with E-state index in [0.29, 0.717) is 18.1 Å². The van der Waals surface area contributed by atoms with Crippen molar-refractivity contribution in [2.75, 3.05) is 12.4 Å². The number of nitrogens with one attached hydrogen (secondary N) is 2. The molecule has 2 rings (SSSR count). The van der Waals surface area contributed by atoms with Crippen LogP contribution < -0.4 is 10.6 Å². The summed E-state index contributed by atoms with van der Waals surface area (Å²) in [5.74, 6) is 0.471. The standard InChI is InChI=1S/C12H12ClN3OS/c1-14-11-4-2-3-9(16-11)12(17)15-7-8-5-6-10(13)18-8/h2-6H,7H2,1H3,(H,14,16)(H,15,17). The van der Waals surface area contributed by atoms with Gasteiger partial charge in [-0.05, 0) is 24.3 Å². The summed E-state index contributed by atoms with van der Waals surface area (Å²) in [7, 11) is 1.76. The van der Waals surface area contributed by atoms with Crippen LogP contribution in [-0.2, 0) is 6.54 Å². The van der Waals surface area contributed by atoms with E-state index in [1.165, 1.54) is 11.3 Å². The van der Waals surface area contributed by atoms with E-state index in [0.717, 1.165) is 9.21 Å². The van der Waals surface area contributed by atoms with Crippen molar-refractivity contribution < 1.29 is 4.79 Å². The van der Waals surface area contributed by atoms with Gasteiger partial charge in [-0.2, -0.15) is 0 Å². The zero-order valence-corrected chi connectivity index (χ0v) is 11.3. The van der Waals surface area contributed by atoms with Crippen molar-refractivity contribution in [3.8, 4) is 0 Å². The van der Waals surface area contributed by atoms with E-state index < -0.39 is 0 Å². The van der Waals surface area contributed by atoms with E-state index in [-0.39, 0.29) is 5.91 Å². The van der Waals surface area contributed by atoms with Crippen molar-refractivity contribution in [3.63, 3.8) is 0 Å². The van der Waals surface area contributed by atoms with Crippen LogP contribution in [0.1, 0.15) is 15.4 Å². The number of carbonyl (C=O) groups excluding carboxylic acids is 1. The van der Waals surface area contributed by atoms with Crippen molar-refractivity contribution in [1.29, 1.82) is 0 Å². The van der Waals surface area contributed by atoms with Crippen molar-refractivity contribution in [2.45, 2.75) is 6.54 Å². The molecule has 1 amide bonds. The zero-order chi connectivity index (χ0) is 13.0. The molecule has 0 aliphatic carbocycles. The molecule has 0 spiro atoms. The number of thiophene rings is 1. The summed E-state index contributed by atoms with van der Waals surface area (Å²) in [5.41, 5.74) is 0.393. The van der Waals surface area contributed by atoms with E-state index in [9.17, 15) is 4.79 Å². The Hall–Kier alpha value is -1.59. The molecule has 0 atom stereocenters. The van der Waals surface area contributed by atoms with Crippen molar-refractivity contribution in [2.24, 2.45) is 0 Å². The minimum absolute atomic E-state index is 0.198. The van der Waals surface area contributed by atoms with Gasteiger partial charge >= 0.3 is 0 Å². The van der Waals surface area contributed by atoms with Gasteiger partial charge in [0, 0.05) is 11.9 Å². The highest BCUT2D eigenvalue weighted by atomic mass is 35.5. The van der Waals surface area contributed by atoms with E-state index in [4.69, 9.17) is 11.6 Å². The first kappa shape index (κ1) is 12.9. The molecule has 0 fully saturated rings. The van der Waals surface area contributed by atoms with Crippen LogP contribution in [-0.4, -0.2) is 17.9 Å². The predicted octanol–water partition coefficient (Wildman–Crippen LogP) is 2.77. The molecule has 0 saturated carbocycles. The Balaban J connectivity index is 1.99. The lowest BCUT2D eigenvalue weighted by Gasteiger charge is -2.04. The minimum Gasteiger partial charge on any atom is -0.373 e. The van der Waals surface area contributed by atoms with E-state index in [1.807, 2.05) is 12.1 Å². The fourth-order valence-corrected chi connectivity index (χ4v) is 2.43. The number of anilines is 1. The van der Waals surface area contributed by atoms with Gasteiger partial charge in [0.2, 0.25) is 0 Å². The van der Waals surface area contributed by atoms with Gasteiger partial charge in [-0.25, -0.2) is 4.98 Å². The first-order valence-corrected chi connectivity index (χ1v) is 6.55. The van der Waals surface area contributed by atoms with Crippen molar-refractivity contribution in [3.05, 3.63) is 45.2 Å². The van der Waals surface area contributed by atoms with Crippen LogP contribution >= 0.6 is 22.9 Å². The number of nitrogens with zero attached hydrogens (tertiary/aromatic N) is 1. The molecule has 18 heavy (non-hydrogen) atoms. The summed E-state index contributed by atoms with van der Waals surface area (Å²) in [6.45, 7) is 0.460. The molecule has 2 aromatic rings. The van der Waals surface area contributed by atoms with Gasteiger partial charge in [0.15, 0.2) is 0 Å². The van der Waals surface area contributed by atoms with Crippen molar-refractivity contribution in [1.82, 2.24) is 10.3 Å². The smallest absolute Gasteiger partial charge is 0.270 e. The van der Waals surface area contributed by atoms with Gasteiger partial charge in [0.1, 0.15) is 11.5 Å². The minimum atomic E-state index is -0.198. The Labute approximate surface area is 114 Å². The Morgan fingerprint density at radius 1 is 1.39 bits per heavy atom. The number of hydrogen-bond donors (Lipinski definition) is 2. The van der Waals surface area contributed by atoms with Crippen LogP contribution in [0.25, 0.3) is 0 Å². The predicted molar refractivity (Wildman–Crippen MR) is 74.3 cm³/mol. The molecule has 0 unspecified atom stereocenters. The third kappa shape index (κ3) is 3.21. The molecule has 0 aliphatic rings. The molecule has 2 N–H and O–H groups in total. The third-order valence-corrected chi connectivity index (χ3v) is 3.52. The number of rotatable bonds is 4. The zero-order valence-electron chi connectivity index (χ0n) is 9.74. The lowest BCUT2D eigenvalue weighted by atomic mass is 10.3. The summed E-state index contributed by atoms with van der Waals surface area (Å²) >= 11 is 7.27. The lowest BCUT2D eigenvalue weighted by molar-refractivity contribution is 0.0946. The number of pyridine rings is 1. The van der Waals surface area contributed by atoms with Crippen molar-refractivity contribution >= 4 is 34.7 Å². The van der Waals surface area contributed by atoms with Gasteiger partial charge in [0.05, 0.1) is 10.9 Å². The van der Waals surface area contributed by atoms with Crippen LogP contribution in [0.3, 0.4) is 0 Å². The van der Waals surface area contributed by atoms with E-state index in [1.54, 1.807) is 25.2 Å². The van der Waals surface area contributed by atoms with Gasteiger partial charge in [0.25, 0.3) is 5.91 Å². The maximum Gasteiger partial charge on any atom is 0.270 e. The van der Waals surface area contributed by atoms with Gasteiger partial charge in [-0.1, -0.05) is 17.7 Å². The SMILES string of the molecule is CNc1cccc(C(=O)NCc2ccc(Cl)s2)n1. The summed E-state index contributed by atoms with van der Waals surface area (Å²) in [5, 5.41) is 5.70. The number of amides is 1. The topological polar surface area (TPSA) is 54.0 Å². The second-order valence-electron chi connectivity index (χ2n) is 3.55. The average molecular weight is 282 g/mol. The molecule has 6 heteroatoms. The van der Waals surface area contributed by atoms with E-state index >= 15 is 0 Å². The highest BCUT2D eigenvalue weighted by molar-refractivity contribution is 7.16. The molecular weight excluding hydrogens is 270 g/mol. The number of carbonyl (C=O) groups is 1. The number of hydrogen-bond acceptors (Lipinski definition) is 4. The fourth-order valence-electron chi connectivity index (χ4n) is 1.41. The molecule has 94 valence electrons. The van der Waals surface area contributed by atoms with Crippen LogP contribution in [0, 0.1) is 0 Å². The Bertz CT molecular complexity index is 556. The Morgan fingerprint density at radius 3 is 2.89 bits per heavy atom. The lowest BCUT2D eigenvalue weighted by Crippen LogP contribution is -2.23. The maximum atomic E-state index is 11.9. The maximum absolute atomic E-state index is 11.9. The molecular formula is C12H12ClN3OS. The Kier molecular flexibility index (Phi) is 4.17. The first-order valence-electron chi connectivity index (χ1n) is 5.36. The molecule has 0 radical (unpaired) electrons. The van der Waals surface area contributed by atoms with Crippen LogP contribution in [0.4, 0.5) is 5.82 Å². The summed E-state index contributed by atoms with van der Waals surface area (Å²) in [6, 6.07) is 8.97. The van der Waals surface area contributed by atoms with Crippen LogP contribution in [0.2, 0.25) is 4.34 Å². The molecule has 4 nitrogen and oxygen atoms in total. The molecule has 2 heterocycles. The van der Waals surface area contributed by atoms with Gasteiger partial charge < -0.3 is 10.6 Å². The quantitative estimate of drug-likeness (QED) is 0.906. The second kappa shape index (κ2) is 5.84. The van der Waals surface area contributed by atoms with Crippen LogP contribution in [0.15, 0.2) is 30.3 Å². The molecule has 0 aromatic carbocycles. The highest BCUT2D eigenvalue weighted by Gasteiger charge is 2.08. The third-order valence-electron chi connectivity index (χ3n) is 2.29. The molecule has 0 bridgehead atoms.